The summed E-state index contributed by atoms with van der Waals surface area (Å²) < 4.78 is 11.0. The zero-order valence-electron chi connectivity index (χ0n) is 21.9. The molecule has 36 heavy (non-hydrogen) atoms. The second-order valence-electron chi connectivity index (χ2n) is 7.47. The molecule has 1 aliphatic heterocycles. The first-order valence-corrected chi connectivity index (χ1v) is 12.4. The SMILES string of the molecule is CC.CC.COc1ccccc1C1=CNC(c2ccc(-c3ncc(-c4ccccc4OC)[nH]3)cc2)N1.[HH].[HH]. The molecular weight excluding hydrogens is 448 g/mol. The van der Waals surface area contributed by atoms with Gasteiger partial charge in [-0.3, -0.25) is 0 Å². The predicted molar refractivity (Wildman–Crippen MR) is 153 cm³/mol. The van der Waals surface area contributed by atoms with Gasteiger partial charge >= 0.3 is 0 Å². The van der Waals surface area contributed by atoms with Gasteiger partial charge in [-0.15, -0.1) is 0 Å². The molecule has 0 saturated carbocycles. The molecule has 1 aromatic heterocycles. The van der Waals surface area contributed by atoms with Crippen molar-refractivity contribution in [1.82, 2.24) is 20.6 Å². The van der Waals surface area contributed by atoms with Crippen molar-refractivity contribution in [1.29, 1.82) is 0 Å². The van der Waals surface area contributed by atoms with E-state index in [1.54, 1.807) is 14.2 Å². The van der Waals surface area contributed by atoms with Crippen LogP contribution in [-0.2, 0) is 0 Å². The van der Waals surface area contributed by atoms with Crippen LogP contribution in [0.15, 0.2) is 85.2 Å². The third-order valence-corrected chi connectivity index (χ3v) is 5.58. The molecular formula is C30H40N4O2. The van der Waals surface area contributed by atoms with Gasteiger partial charge in [0, 0.05) is 25.7 Å². The van der Waals surface area contributed by atoms with Gasteiger partial charge < -0.3 is 25.1 Å². The van der Waals surface area contributed by atoms with E-state index in [1.807, 2.05) is 88.6 Å². The second kappa shape index (κ2) is 13.0. The lowest BCUT2D eigenvalue weighted by Crippen LogP contribution is -2.22. The van der Waals surface area contributed by atoms with Gasteiger partial charge in [-0.05, 0) is 29.8 Å². The fourth-order valence-corrected chi connectivity index (χ4v) is 3.91. The van der Waals surface area contributed by atoms with Crippen LogP contribution in [0.25, 0.3) is 28.3 Å². The number of benzene rings is 3. The molecule has 2 heterocycles. The maximum Gasteiger partial charge on any atom is 0.137 e. The highest BCUT2D eigenvalue weighted by Gasteiger charge is 2.20. The fourth-order valence-electron chi connectivity index (χ4n) is 3.91. The van der Waals surface area contributed by atoms with E-state index in [-0.39, 0.29) is 9.02 Å². The van der Waals surface area contributed by atoms with Crippen molar-refractivity contribution >= 4 is 5.70 Å². The summed E-state index contributed by atoms with van der Waals surface area (Å²) in [5.41, 5.74) is 6.09. The van der Waals surface area contributed by atoms with E-state index in [9.17, 15) is 0 Å². The molecule has 5 rings (SSSR count). The summed E-state index contributed by atoms with van der Waals surface area (Å²) in [6, 6.07) is 24.2. The van der Waals surface area contributed by atoms with Crippen LogP contribution in [0.1, 0.15) is 47.8 Å². The Balaban J connectivity index is 0.00000115. The molecule has 0 fully saturated rings. The molecule has 1 unspecified atom stereocenters. The lowest BCUT2D eigenvalue weighted by atomic mass is 10.1. The third kappa shape index (κ3) is 5.71. The van der Waals surface area contributed by atoms with Crippen molar-refractivity contribution in [3.05, 3.63) is 96.3 Å². The van der Waals surface area contributed by atoms with Gasteiger partial charge in [0.1, 0.15) is 23.5 Å². The number of aromatic amines is 1. The van der Waals surface area contributed by atoms with E-state index in [0.717, 1.165) is 51.0 Å². The Hall–Kier alpha value is -4.19. The number of imidazole rings is 1. The molecule has 0 bridgehead atoms. The summed E-state index contributed by atoms with van der Waals surface area (Å²) in [7, 11) is 3.36. The Morgan fingerprint density at radius 2 is 1.33 bits per heavy atom. The normalized spacial score (nSPS) is 13.6. The quantitative estimate of drug-likeness (QED) is 0.262. The van der Waals surface area contributed by atoms with Gasteiger partial charge in [-0.25, -0.2) is 4.98 Å². The van der Waals surface area contributed by atoms with Crippen molar-refractivity contribution in [2.45, 2.75) is 33.9 Å². The number of hydrogen-bond acceptors (Lipinski definition) is 5. The van der Waals surface area contributed by atoms with Gasteiger partial charge in [0.25, 0.3) is 0 Å². The highest BCUT2D eigenvalue weighted by molar-refractivity contribution is 5.71. The van der Waals surface area contributed by atoms with Crippen molar-refractivity contribution in [3.63, 3.8) is 0 Å². The molecule has 3 aromatic carbocycles. The van der Waals surface area contributed by atoms with E-state index >= 15 is 0 Å². The lowest BCUT2D eigenvalue weighted by molar-refractivity contribution is 0.413. The molecule has 0 amide bonds. The van der Waals surface area contributed by atoms with E-state index in [0.29, 0.717) is 0 Å². The molecule has 4 aromatic rings. The van der Waals surface area contributed by atoms with Crippen LogP contribution in [0.5, 0.6) is 11.5 Å². The summed E-state index contributed by atoms with van der Waals surface area (Å²) in [6.45, 7) is 8.00. The van der Waals surface area contributed by atoms with Gasteiger partial charge in [0.2, 0.25) is 0 Å². The Bertz CT molecular complexity index is 1270. The minimum absolute atomic E-state index is 0. The molecule has 1 aliphatic rings. The van der Waals surface area contributed by atoms with Crippen molar-refractivity contribution < 1.29 is 12.3 Å². The van der Waals surface area contributed by atoms with Gasteiger partial charge in [-0.1, -0.05) is 76.2 Å². The second-order valence-corrected chi connectivity index (χ2v) is 7.47. The molecule has 0 saturated heterocycles. The molecule has 1 atom stereocenters. The van der Waals surface area contributed by atoms with Crippen LogP contribution in [0.3, 0.4) is 0 Å². The van der Waals surface area contributed by atoms with Crippen LogP contribution in [0.4, 0.5) is 0 Å². The number of hydrogen-bond donors (Lipinski definition) is 3. The molecule has 0 aliphatic carbocycles. The monoisotopic (exact) mass is 488 g/mol. The van der Waals surface area contributed by atoms with Crippen LogP contribution in [-0.4, -0.2) is 24.2 Å². The largest absolute Gasteiger partial charge is 0.496 e. The molecule has 6 heteroatoms. The third-order valence-electron chi connectivity index (χ3n) is 5.58. The average Bonchev–Trinajstić information content (AvgIpc) is 3.66. The first-order chi connectivity index (χ1) is 17.8. The van der Waals surface area contributed by atoms with Gasteiger partial charge in [0.05, 0.1) is 31.8 Å². The molecule has 0 radical (unpaired) electrons. The average molecular weight is 489 g/mol. The number of ether oxygens (including phenoxy) is 2. The number of para-hydroxylation sites is 2. The van der Waals surface area contributed by atoms with E-state index < -0.39 is 0 Å². The summed E-state index contributed by atoms with van der Waals surface area (Å²) in [4.78, 5) is 7.97. The molecule has 6 nitrogen and oxygen atoms in total. The van der Waals surface area contributed by atoms with Gasteiger partial charge in [0.15, 0.2) is 0 Å². The minimum Gasteiger partial charge on any atom is -0.496 e. The number of aromatic nitrogens is 2. The fraction of sp³-hybridized carbons (Fsp3) is 0.233. The Labute approximate surface area is 217 Å². The maximum absolute atomic E-state index is 5.48. The standard InChI is InChI=1S/C26H24N4O2.2C2H6.2H2/c1-31-23-9-5-3-7-19(23)21-15-27-25(29-21)17-11-13-18(14-12-17)26-28-16-22(30-26)20-8-4-6-10-24(20)32-2;2*1-2;;/h3-16,25,27,29H,1-2H3,(H,28,30);2*1-2H3;2*1H. The zero-order chi connectivity index (χ0) is 25.9. The maximum atomic E-state index is 5.48. The molecule has 3 N–H and O–H groups in total. The number of nitrogens with zero attached hydrogens (tertiary/aromatic N) is 1. The highest BCUT2D eigenvalue weighted by atomic mass is 16.5. The topological polar surface area (TPSA) is 71.2 Å². The zero-order valence-corrected chi connectivity index (χ0v) is 21.9. The Morgan fingerprint density at radius 1 is 0.750 bits per heavy atom. The van der Waals surface area contributed by atoms with Crippen molar-refractivity contribution in [2.75, 3.05) is 14.2 Å². The Kier molecular flexibility index (Phi) is 9.57. The number of H-pyrrole nitrogens is 1. The summed E-state index contributed by atoms with van der Waals surface area (Å²) in [6.07, 6.45) is 3.82. The highest BCUT2D eigenvalue weighted by Crippen LogP contribution is 2.31. The first-order valence-electron chi connectivity index (χ1n) is 12.4. The van der Waals surface area contributed by atoms with Crippen LogP contribution in [0.2, 0.25) is 0 Å². The summed E-state index contributed by atoms with van der Waals surface area (Å²) >= 11 is 0. The van der Waals surface area contributed by atoms with E-state index in [1.165, 1.54) is 0 Å². The smallest absolute Gasteiger partial charge is 0.137 e. The summed E-state index contributed by atoms with van der Waals surface area (Å²) in [5, 5.41) is 6.93. The van der Waals surface area contributed by atoms with E-state index in [4.69, 9.17) is 9.47 Å². The van der Waals surface area contributed by atoms with Crippen LogP contribution < -0.4 is 20.1 Å². The number of rotatable bonds is 6. The van der Waals surface area contributed by atoms with Crippen LogP contribution in [0, 0.1) is 0 Å². The number of methoxy groups -OCH3 is 2. The van der Waals surface area contributed by atoms with Crippen molar-refractivity contribution in [2.24, 2.45) is 0 Å². The lowest BCUT2D eigenvalue weighted by Gasteiger charge is -2.16. The van der Waals surface area contributed by atoms with E-state index in [2.05, 4.69) is 44.9 Å². The Morgan fingerprint density at radius 3 is 1.97 bits per heavy atom. The van der Waals surface area contributed by atoms with Gasteiger partial charge in [-0.2, -0.15) is 0 Å². The number of nitrogens with one attached hydrogen (secondary N) is 3. The van der Waals surface area contributed by atoms with Crippen molar-refractivity contribution in [3.8, 4) is 34.1 Å². The predicted octanol–water partition coefficient (Wildman–Crippen LogP) is 7.50. The molecule has 0 spiro atoms. The van der Waals surface area contributed by atoms with Crippen LogP contribution >= 0.6 is 0 Å². The first kappa shape index (κ1) is 26.4. The molecule has 192 valence electrons. The summed E-state index contributed by atoms with van der Waals surface area (Å²) in [5.74, 6) is 2.47. The minimum atomic E-state index is -0.00953.